The summed E-state index contributed by atoms with van der Waals surface area (Å²) in [5, 5.41) is 9.48. The van der Waals surface area contributed by atoms with Gasteiger partial charge in [0, 0.05) is 12.6 Å². The Balaban J connectivity index is 2.01. The van der Waals surface area contributed by atoms with Crippen LogP contribution in [0.5, 0.6) is 0 Å². The minimum absolute atomic E-state index is 0.101. The summed E-state index contributed by atoms with van der Waals surface area (Å²) in [6, 6.07) is 1.28. The van der Waals surface area contributed by atoms with E-state index in [0.29, 0.717) is 12.3 Å². The third kappa shape index (κ3) is 2.83. The first-order chi connectivity index (χ1) is 8.06. The van der Waals surface area contributed by atoms with E-state index in [0.717, 1.165) is 24.1 Å². The van der Waals surface area contributed by atoms with Crippen molar-refractivity contribution in [3.63, 3.8) is 0 Å². The second-order valence-corrected chi connectivity index (χ2v) is 4.40. The molecule has 0 amide bonds. The third-order valence-electron chi connectivity index (χ3n) is 2.83. The molecule has 94 valence electrons. The first-order valence-electron chi connectivity index (χ1n) is 5.70. The topological polar surface area (TPSA) is 75.7 Å². The van der Waals surface area contributed by atoms with Gasteiger partial charge in [-0.1, -0.05) is 0 Å². The smallest absolute Gasteiger partial charge is 0.290 e. The maximum Gasteiger partial charge on any atom is 0.290 e. The Labute approximate surface area is 98.4 Å². The number of aliphatic hydroxyl groups excluding tert-OH is 1. The minimum Gasteiger partial charge on any atom is -0.392 e. The van der Waals surface area contributed by atoms with Crippen LogP contribution in [0.3, 0.4) is 0 Å². The highest BCUT2D eigenvalue weighted by Gasteiger charge is 2.21. The number of hydrogen-bond donors (Lipinski definition) is 1. The summed E-state index contributed by atoms with van der Waals surface area (Å²) in [5.41, 5.74) is -0.440. The Bertz CT molecular complexity index is 462. The molecule has 2 heterocycles. The van der Waals surface area contributed by atoms with E-state index in [2.05, 4.69) is 0 Å². The van der Waals surface area contributed by atoms with Crippen LogP contribution in [0.25, 0.3) is 0 Å². The number of aliphatic hydroxyl groups is 1. The molecule has 1 saturated heterocycles. The van der Waals surface area contributed by atoms with E-state index in [4.69, 9.17) is 4.52 Å². The zero-order valence-electron chi connectivity index (χ0n) is 9.76. The molecule has 1 N–H and O–H groups in total. The monoisotopic (exact) mass is 240 g/mol. The first-order valence-corrected chi connectivity index (χ1v) is 5.70. The second-order valence-electron chi connectivity index (χ2n) is 4.40. The summed E-state index contributed by atoms with van der Waals surface area (Å²) in [4.78, 5) is 25.0. The summed E-state index contributed by atoms with van der Waals surface area (Å²) in [6.45, 7) is 2.96. The van der Waals surface area contributed by atoms with Crippen LogP contribution in [0.2, 0.25) is 0 Å². The van der Waals surface area contributed by atoms with E-state index >= 15 is 0 Å². The van der Waals surface area contributed by atoms with Crippen LogP contribution in [-0.2, 0) is 0 Å². The van der Waals surface area contributed by atoms with E-state index < -0.39 is 11.5 Å². The maximum atomic E-state index is 11.8. The quantitative estimate of drug-likeness (QED) is 0.777. The van der Waals surface area contributed by atoms with Crippen LogP contribution >= 0.6 is 0 Å². The zero-order chi connectivity index (χ0) is 12.4. The summed E-state index contributed by atoms with van der Waals surface area (Å²) in [7, 11) is 0. The number of rotatable bonds is 2. The number of hydrogen-bond acceptors (Lipinski definition) is 5. The van der Waals surface area contributed by atoms with Crippen LogP contribution in [0.1, 0.15) is 23.4 Å². The highest BCUT2D eigenvalue weighted by molar-refractivity contribution is 5.79. The third-order valence-corrected chi connectivity index (χ3v) is 2.83. The molecule has 0 spiro atoms. The lowest BCUT2D eigenvalue weighted by atomic mass is 10.1. The number of carbonyl (C=O) groups is 1. The van der Waals surface area contributed by atoms with Gasteiger partial charge in [0.2, 0.25) is 0 Å². The number of piperidine rings is 1. The normalized spacial score (nSPS) is 21.6. The van der Waals surface area contributed by atoms with Crippen LogP contribution in [0.4, 0.5) is 0 Å². The summed E-state index contributed by atoms with van der Waals surface area (Å²) in [6.07, 6.45) is 1.25. The summed E-state index contributed by atoms with van der Waals surface area (Å²) >= 11 is 0. The van der Waals surface area contributed by atoms with Crippen molar-refractivity contribution in [1.29, 1.82) is 0 Å². The van der Waals surface area contributed by atoms with Gasteiger partial charge in [-0.2, -0.15) is 0 Å². The van der Waals surface area contributed by atoms with Gasteiger partial charge in [0.15, 0.2) is 0 Å². The van der Waals surface area contributed by atoms with Gasteiger partial charge in [-0.25, -0.2) is 0 Å². The van der Waals surface area contributed by atoms with Crippen molar-refractivity contribution in [1.82, 2.24) is 9.64 Å². The molecular weight excluding hydrogens is 224 g/mol. The van der Waals surface area contributed by atoms with Gasteiger partial charge in [0.25, 0.3) is 11.5 Å². The lowest BCUT2D eigenvalue weighted by molar-refractivity contribution is 0.0516. The van der Waals surface area contributed by atoms with Gasteiger partial charge in [0.05, 0.1) is 12.6 Å². The first kappa shape index (κ1) is 12.1. The van der Waals surface area contributed by atoms with E-state index in [-0.39, 0.29) is 12.6 Å². The second kappa shape index (κ2) is 4.85. The molecule has 6 nitrogen and oxygen atoms in total. The van der Waals surface area contributed by atoms with E-state index in [9.17, 15) is 14.7 Å². The van der Waals surface area contributed by atoms with E-state index in [1.54, 1.807) is 6.92 Å². The fourth-order valence-electron chi connectivity index (χ4n) is 2.05. The molecule has 17 heavy (non-hydrogen) atoms. The molecular formula is C11H16N2O4. The average molecular weight is 240 g/mol. The van der Waals surface area contributed by atoms with Gasteiger partial charge >= 0.3 is 0 Å². The van der Waals surface area contributed by atoms with Gasteiger partial charge in [0.1, 0.15) is 5.76 Å². The number of carbonyl (C=O) groups excluding carboxylic acids is 1. The highest BCUT2D eigenvalue weighted by Crippen LogP contribution is 2.09. The Morgan fingerprint density at radius 2 is 2.41 bits per heavy atom. The molecule has 2 rings (SSSR count). The predicted octanol–water partition coefficient (Wildman–Crippen LogP) is -0.153. The van der Waals surface area contributed by atoms with Crippen molar-refractivity contribution in [3.05, 3.63) is 22.2 Å². The predicted molar refractivity (Wildman–Crippen MR) is 60.0 cm³/mol. The molecule has 1 fully saturated rings. The average Bonchev–Trinajstić information content (AvgIpc) is 2.58. The molecule has 0 aromatic carbocycles. The molecule has 0 bridgehead atoms. The molecule has 1 aromatic rings. The van der Waals surface area contributed by atoms with Gasteiger partial charge in [-0.15, -0.1) is 4.74 Å². The standard InChI is InChI=1S/C11H16N2O4/c1-8-5-10(15)13(17-8)11(16)7-12-4-2-3-9(14)6-12/h5,9,14H,2-4,6-7H2,1H3/t9-/m0/s1. The zero-order valence-corrected chi connectivity index (χ0v) is 9.76. The van der Waals surface area contributed by atoms with Crippen LogP contribution in [-0.4, -0.2) is 46.4 Å². The summed E-state index contributed by atoms with van der Waals surface area (Å²) < 4.78 is 5.78. The van der Waals surface area contributed by atoms with E-state index in [1.165, 1.54) is 6.07 Å². The number of β-amino-alcohol motifs (C(OH)–C–C–N with tert-alkyl or cyclic N) is 1. The molecule has 6 heteroatoms. The van der Waals surface area contributed by atoms with Gasteiger partial charge < -0.3 is 9.63 Å². The number of aromatic nitrogens is 1. The molecule has 1 aliphatic heterocycles. The molecule has 0 unspecified atom stereocenters. The largest absolute Gasteiger partial charge is 0.392 e. The van der Waals surface area contributed by atoms with Crippen molar-refractivity contribution in [2.24, 2.45) is 0 Å². The molecule has 0 radical (unpaired) electrons. The minimum atomic E-state index is -0.440. The summed E-state index contributed by atoms with van der Waals surface area (Å²) in [5.74, 6) is 0.0271. The molecule has 1 atom stereocenters. The van der Waals surface area contributed by atoms with Crippen molar-refractivity contribution < 1.29 is 14.4 Å². The molecule has 0 saturated carbocycles. The highest BCUT2D eigenvalue weighted by atomic mass is 16.5. The fraction of sp³-hybridized carbons (Fsp3) is 0.636. The SMILES string of the molecule is Cc1cc(=O)n(C(=O)CN2CCC[C@H](O)C2)o1. The fourth-order valence-corrected chi connectivity index (χ4v) is 2.05. The van der Waals surface area contributed by atoms with Crippen molar-refractivity contribution in [2.75, 3.05) is 19.6 Å². The molecule has 1 aromatic heterocycles. The molecule has 0 aliphatic carbocycles. The molecule has 1 aliphatic rings. The maximum absolute atomic E-state index is 11.8. The number of nitrogens with zero attached hydrogens (tertiary/aromatic N) is 2. The van der Waals surface area contributed by atoms with Crippen molar-refractivity contribution >= 4 is 5.91 Å². The van der Waals surface area contributed by atoms with Crippen LogP contribution < -0.4 is 5.56 Å². The van der Waals surface area contributed by atoms with Crippen LogP contribution in [0, 0.1) is 6.92 Å². The van der Waals surface area contributed by atoms with Gasteiger partial charge in [-0.3, -0.25) is 14.5 Å². The van der Waals surface area contributed by atoms with Crippen LogP contribution in [0.15, 0.2) is 15.4 Å². The lowest BCUT2D eigenvalue weighted by Crippen LogP contribution is -2.43. The van der Waals surface area contributed by atoms with Crippen molar-refractivity contribution in [2.45, 2.75) is 25.9 Å². The number of likely N-dealkylation sites (tertiary alicyclic amines) is 1. The lowest BCUT2D eigenvalue weighted by Gasteiger charge is -2.28. The van der Waals surface area contributed by atoms with Gasteiger partial charge in [-0.05, 0) is 26.3 Å². The Morgan fingerprint density at radius 3 is 3.00 bits per heavy atom. The number of aryl methyl sites for hydroxylation is 1. The Morgan fingerprint density at radius 1 is 1.65 bits per heavy atom. The van der Waals surface area contributed by atoms with Crippen molar-refractivity contribution in [3.8, 4) is 0 Å². The van der Waals surface area contributed by atoms with E-state index in [1.807, 2.05) is 4.90 Å². The Hall–Kier alpha value is -1.40. The Kier molecular flexibility index (Phi) is 3.44.